The molecule has 0 fully saturated rings. The normalized spacial score (nSPS) is 12.8. The molecule has 1 aromatic rings. The van der Waals surface area contributed by atoms with E-state index in [0.717, 1.165) is 16.9 Å². The molecule has 1 aromatic carbocycles. The molecule has 0 radical (unpaired) electrons. The van der Waals surface area contributed by atoms with Gasteiger partial charge in [-0.25, -0.2) is 0 Å². The Balaban J connectivity index is 2.81. The van der Waals surface area contributed by atoms with E-state index in [0.29, 0.717) is 18.6 Å². The predicted octanol–water partition coefficient (Wildman–Crippen LogP) is 2.66. The average Bonchev–Trinajstić information content (AvgIpc) is 2.23. The first-order valence-electron chi connectivity index (χ1n) is 5.66. The van der Waals surface area contributed by atoms with Gasteiger partial charge in [-0.15, -0.1) is 0 Å². The van der Waals surface area contributed by atoms with Gasteiger partial charge in [0, 0.05) is 18.5 Å². The molecule has 3 nitrogen and oxygen atoms in total. The minimum atomic E-state index is 0.311. The number of ether oxygens (including phenoxy) is 1. The van der Waals surface area contributed by atoms with Crippen molar-refractivity contribution in [3.8, 4) is 0 Å². The molecule has 0 spiro atoms. The van der Waals surface area contributed by atoms with Gasteiger partial charge in [-0.3, -0.25) is 0 Å². The summed E-state index contributed by atoms with van der Waals surface area (Å²) in [5.74, 6) is 0.515. The maximum Gasteiger partial charge on any atom is 0.0666 e. The highest BCUT2D eigenvalue weighted by Gasteiger charge is 2.14. The summed E-state index contributed by atoms with van der Waals surface area (Å²) in [6, 6.07) is 6.25. The van der Waals surface area contributed by atoms with E-state index in [1.54, 1.807) is 7.11 Å². The maximum atomic E-state index is 5.88. The molecule has 0 saturated carbocycles. The van der Waals surface area contributed by atoms with Gasteiger partial charge >= 0.3 is 0 Å². The number of rotatable bonds is 5. The highest BCUT2D eigenvalue weighted by molar-refractivity contribution is 5.63. The Morgan fingerprint density at radius 1 is 1.38 bits per heavy atom. The van der Waals surface area contributed by atoms with Gasteiger partial charge in [0.2, 0.25) is 0 Å². The maximum absolute atomic E-state index is 5.88. The van der Waals surface area contributed by atoms with Crippen LogP contribution in [-0.2, 0) is 4.74 Å². The molecule has 3 N–H and O–H groups in total. The fourth-order valence-electron chi connectivity index (χ4n) is 1.59. The third-order valence-electron chi connectivity index (χ3n) is 2.87. The third kappa shape index (κ3) is 3.14. The molecule has 1 unspecified atom stereocenters. The smallest absolute Gasteiger partial charge is 0.0666 e. The van der Waals surface area contributed by atoms with Crippen LogP contribution < -0.4 is 11.1 Å². The lowest BCUT2D eigenvalue weighted by Gasteiger charge is -2.24. The topological polar surface area (TPSA) is 47.3 Å². The first kappa shape index (κ1) is 12.8. The summed E-state index contributed by atoms with van der Waals surface area (Å²) in [6.07, 6.45) is 0. The molecule has 0 aliphatic carbocycles. The second kappa shape index (κ2) is 5.75. The summed E-state index contributed by atoms with van der Waals surface area (Å²) in [7, 11) is 1.73. The van der Waals surface area contributed by atoms with Gasteiger partial charge in [0.05, 0.1) is 12.6 Å². The highest BCUT2D eigenvalue weighted by Crippen LogP contribution is 2.22. The zero-order valence-electron chi connectivity index (χ0n) is 10.6. The van der Waals surface area contributed by atoms with Crippen LogP contribution in [0.2, 0.25) is 0 Å². The van der Waals surface area contributed by atoms with Gasteiger partial charge < -0.3 is 15.8 Å². The molecule has 16 heavy (non-hydrogen) atoms. The largest absolute Gasteiger partial charge is 0.398 e. The molecule has 0 heterocycles. The highest BCUT2D eigenvalue weighted by atomic mass is 16.5. The number of benzene rings is 1. The number of nitrogens with two attached hydrogens (primary N) is 1. The Kier molecular flexibility index (Phi) is 4.62. The molecular formula is C13H22N2O. The Labute approximate surface area is 98.0 Å². The van der Waals surface area contributed by atoms with E-state index < -0.39 is 0 Å². The summed E-state index contributed by atoms with van der Waals surface area (Å²) in [5, 5.41) is 3.48. The SMILES string of the molecule is COCC(Nc1cccc(N)c1C)C(C)C. The van der Waals surface area contributed by atoms with E-state index in [4.69, 9.17) is 10.5 Å². The monoisotopic (exact) mass is 222 g/mol. The van der Waals surface area contributed by atoms with Crippen LogP contribution in [0.15, 0.2) is 18.2 Å². The van der Waals surface area contributed by atoms with Crippen LogP contribution in [-0.4, -0.2) is 19.8 Å². The molecule has 1 rings (SSSR count). The van der Waals surface area contributed by atoms with E-state index in [1.807, 2.05) is 19.1 Å². The molecule has 0 bridgehead atoms. The van der Waals surface area contributed by atoms with Gasteiger partial charge in [-0.2, -0.15) is 0 Å². The van der Waals surface area contributed by atoms with E-state index in [2.05, 4.69) is 25.2 Å². The Bertz CT molecular complexity index is 337. The average molecular weight is 222 g/mol. The fraction of sp³-hybridized carbons (Fsp3) is 0.538. The Morgan fingerprint density at radius 2 is 2.06 bits per heavy atom. The molecule has 3 heteroatoms. The molecule has 0 aromatic heterocycles. The summed E-state index contributed by atoms with van der Waals surface area (Å²) >= 11 is 0. The van der Waals surface area contributed by atoms with Crippen molar-refractivity contribution in [3.05, 3.63) is 23.8 Å². The van der Waals surface area contributed by atoms with Crippen molar-refractivity contribution in [2.24, 2.45) is 5.92 Å². The summed E-state index contributed by atoms with van der Waals surface area (Å²) in [5.41, 5.74) is 8.89. The van der Waals surface area contributed by atoms with Gasteiger partial charge in [0.1, 0.15) is 0 Å². The van der Waals surface area contributed by atoms with E-state index >= 15 is 0 Å². The van der Waals surface area contributed by atoms with Crippen molar-refractivity contribution in [2.45, 2.75) is 26.8 Å². The van der Waals surface area contributed by atoms with Crippen LogP contribution in [0.4, 0.5) is 11.4 Å². The lowest BCUT2D eigenvalue weighted by molar-refractivity contribution is 0.171. The third-order valence-corrected chi connectivity index (χ3v) is 2.87. The van der Waals surface area contributed by atoms with E-state index in [9.17, 15) is 0 Å². The van der Waals surface area contributed by atoms with Crippen LogP contribution >= 0.6 is 0 Å². The van der Waals surface area contributed by atoms with Gasteiger partial charge in [-0.1, -0.05) is 19.9 Å². The molecule has 0 saturated heterocycles. The first-order valence-corrected chi connectivity index (χ1v) is 5.66. The molecule has 0 aliphatic rings. The number of nitrogen functional groups attached to an aromatic ring is 1. The van der Waals surface area contributed by atoms with Crippen LogP contribution in [0.1, 0.15) is 19.4 Å². The summed E-state index contributed by atoms with van der Waals surface area (Å²) in [6.45, 7) is 7.09. The minimum Gasteiger partial charge on any atom is -0.398 e. The van der Waals surface area contributed by atoms with Gasteiger partial charge in [-0.05, 0) is 30.5 Å². The van der Waals surface area contributed by atoms with Gasteiger partial charge in [0.15, 0.2) is 0 Å². The van der Waals surface area contributed by atoms with Crippen molar-refractivity contribution in [3.63, 3.8) is 0 Å². The lowest BCUT2D eigenvalue weighted by Crippen LogP contribution is -2.30. The van der Waals surface area contributed by atoms with E-state index in [-0.39, 0.29) is 0 Å². The Hall–Kier alpha value is -1.22. The molecule has 1 atom stereocenters. The number of hydrogen-bond acceptors (Lipinski definition) is 3. The number of methoxy groups -OCH3 is 1. The first-order chi connectivity index (χ1) is 7.56. The molecule has 0 aliphatic heterocycles. The van der Waals surface area contributed by atoms with Gasteiger partial charge in [0.25, 0.3) is 0 Å². The van der Waals surface area contributed by atoms with Crippen LogP contribution in [0.5, 0.6) is 0 Å². The molecular weight excluding hydrogens is 200 g/mol. The lowest BCUT2D eigenvalue weighted by atomic mass is 10.0. The zero-order chi connectivity index (χ0) is 12.1. The van der Waals surface area contributed by atoms with Crippen LogP contribution in [0, 0.1) is 12.8 Å². The zero-order valence-corrected chi connectivity index (χ0v) is 10.6. The fourth-order valence-corrected chi connectivity index (χ4v) is 1.59. The second-order valence-electron chi connectivity index (χ2n) is 4.47. The standard InChI is InChI=1S/C13H22N2O/c1-9(2)13(8-16-4)15-12-7-5-6-11(14)10(12)3/h5-7,9,13,15H,8,14H2,1-4H3. The number of nitrogens with one attached hydrogen (secondary N) is 1. The quantitative estimate of drug-likeness (QED) is 0.753. The molecule has 0 amide bonds. The van der Waals surface area contributed by atoms with Crippen molar-refractivity contribution in [1.29, 1.82) is 0 Å². The Morgan fingerprint density at radius 3 is 2.62 bits per heavy atom. The number of anilines is 2. The summed E-state index contributed by atoms with van der Waals surface area (Å²) < 4.78 is 5.21. The van der Waals surface area contributed by atoms with Crippen LogP contribution in [0.25, 0.3) is 0 Å². The summed E-state index contributed by atoms with van der Waals surface area (Å²) in [4.78, 5) is 0. The molecule has 90 valence electrons. The van der Waals surface area contributed by atoms with Crippen molar-refractivity contribution in [2.75, 3.05) is 24.8 Å². The van der Waals surface area contributed by atoms with Crippen molar-refractivity contribution >= 4 is 11.4 Å². The van der Waals surface area contributed by atoms with Crippen molar-refractivity contribution in [1.82, 2.24) is 0 Å². The van der Waals surface area contributed by atoms with E-state index in [1.165, 1.54) is 0 Å². The van der Waals surface area contributed by atoms with Crippen molar-refractivity contribution < 1.29 is 4.74 Å². The second-order valence-corrected chi connectivity index (χ2v) is 4.47. The van der Waals surface area contributed by atoms with Crippen LogP contribution in [0.3, 0.4) is 0 Å². The number of hydrogen-bond donors (Lipinski definition) is 2. The minimum absolute atomic E-state index is 0.311. The predicted molar refractivity (Wildman–Crippen MR) is 69.7 cm³/mol.